The van der Waals surface area contributed by atoms with Crippen LogP contribution in [0.15, 0.2) is 6.07 Å². The topological polar surface area (TPSA) is 46.2 Å². The van der Waals surface area contributed by atoms with E-state index >= 15 is 0 Å². The average Bonchev–Trinajstić information content (AvgIpc) is 2.11. The summed E-state index contributed by atoms with van der Waals surface area (Å²) in [5.41, 5.74) is 4.27. The summed E-state index contributed by atoms with van der Waals surface area (Å²) < 4.78 is 12.6. The molecule has 1 rings (SSSR count). The smallest absolute Gasteiger partial charge is 0.157 e. The van der Waals surface area contributed by atoms with Crippen molar-refractivity contribution in [3.63, 3.8) is 0 Å². The molecule has 0 fully saturated rings. The zero-order chi connectivity index (χ0) is 8.65. The maximum absolute atomic E-state index is 12.6. The van der Waals surface area contributed by atoms with Gasteiger partial charge in [-0.1, -0.05) is 0 Å². The number of halogens is 1. The zero-order valence-electron chi connectivity index (χ0n) is 6.39. The molecule has 3 N–H and O–H groups in total. The van der Waals surface area contributed by atoms with E-state index in [4.69, 9.17) is 5.73 Å². The Morgan fingerprint density at radius 1 is 1.64 bits per heavy atom. The standard InChI is InChI=1S/C7H10FNOS/c1-7(2,10)5-3-4(8)6(9)11-5/h3,10H,9H2,1-2H3. The molecule has 0 aliphatic rings. The second-order valence-electron chi connectivity index (χ2n) is 2.88. The van der Waals surface area contributed by atoms with Crippen LogP contribution in [0.1, 0.15) is 18.7 Å². The van der Waals surface area contributed by atoms with Crippen molar-refractivity contribution >= 4 is 16.3 Å². The molecule has 11 heavy (non-hydrogen) atoms. The van der Waals surface area contributed by atoms with Crippen LogP contribution in [0.4, 0.5) is 9.39 Å². The number of hydrogen-bond donors (Lipinski definition) is 2. The fraction of sp³-hybridized carbons (Fsp3) is 0.429. The second-order valence-corrected chi connectivity index (χ2v) is 3.97. The lowest BCUT2D eigenvalue weighted by Crippen LogP contribution is -2.12. The van der Waals surface area contributed by atoms with E-state index in [0.29, 0.717) is 4.88 Å². The third kappa shape index (κ3) is 1.70. The maximum atomic E-state index is 12.6. The number of anilines is 1. The van der Waals surface area contributed by atoms with Crippen LogP contribution in [0.5, 0.6) is 0 Å². The van der Waals surface area contributed by atoms with Gasteiger partial charge in [-0.25, -0.2) is 4.39 Å². The predicted octanol–water partition coefficient (Wildman–Crippen LogP) is 1.70. The summed E-state index contributed by atoms with van der Waals surface area (Å²) >= 11 is 1.07. The molecule has 62 valence electrons. The fourth-order valence-electron chi connectivity index (χ4n) is 0.684. The molecule has 0 saturated heterocycles. The molecule has 0 atom stereocenters. The van der Waals surface area contributed by atoms with E-state index in [0.717, 1.165) is 11.3 Å². The summed E-state index contributed by atoms with van der Waals surface area (Å²) in [5.74, 6) is -0.452. The largest absolute Gasteiger partial charge is 0.388 e. The Hall–Kier alpha value is -0.610. The van der Waals surface area contributed by atoms with E-state index in [1.54, 1.807) is 13.8 Å². The molecule has 0 aliphatic carbocycles. The van der Waals surface area contributed by atoms with Crippen LogP contribution in [-0.4, -0.2) is 5.11 Å². The molecule has 0 unspecified atom stereocenters. The van der Waals surface area contributed by atoms with Crippen molar-refractivity contribution in [2.45, 2.75) is 19.4 Å². The van der Waals surface area contributed by atoms with Gasteiger partial charge in [-0.05, 0) is 19.9 Å². The Labute approximate surface area is 68.5 Å². The lowest BCUT2D eigenvalue weighted by Gasteiger charge is -2.13. The molecule has 0 aromatic carbocycles. The lowest BCUT2D eigenvalue weighted by atomic mass is 10.1. The predicted molar refractivity (Wildman–Crippen MR) is 43.9 cm³/mol. The Morgan fingerprint density at radius 2 is 2.18 bits per heavy atom. The third-order valence-electron chi connectivity index (χ3n) is 1.32. The van der Waals surface area contributed by atoms with E-state index in [-0.39, 0.29) is 5.00 Å². The molecule has 0 bridgehead atoms. The van der Waals surface area contributed by atoms with E-state index in [9.17, 15) is 9.50 Å². The highest BCUT2D eigenvalue weighted by Gasteiger charge is 2.20. The van der Waals surface area contributed by atoms with Gasteiger partial charge >= 0.3 is 0 Å². The van der Waals surface area contributed by atoms with Crippen LogP contribution in [0.25, 0.3) is 0 Å². The van der Waals surface area contributed by atoms with Crippen LogP contribution in [0.3, 0.4) is 0 Å². The molecular formula is C7H10FNOS. The van der Waals surface area contributed by atoms with Gasteiger partial charge in [-0.15, -0.1) is 11.3 Å². The van der Waals surface area contributed by atoms with Gasteiger partial charge in [0, 0.05) is 4.88 Å². The van der Waals surface area contributed by atoms with E-state index < -0.39 is 11.4 Å². The normalized spacial score (nSPS) is 12.0. The average molecular weight is 175 g/mol. The van der Waals surface area contributed by atoms with Crippen LogP contribution >= 0.6 is 11.3 Å². The third-order valence-corrected chi connectivity index (χ3v) is 2.57. The van der Waals surface area contributed by atoms with Gasteiger partial charge in [0.15, 0.2) is 5.82 Å². The van der Waals surface area contributed by atoms with Crippen LogP contribution in [0, 0.1) is 5.82 Å². The molecule has 0 amide bonds. The van der Waals surface area contributed by atoms with Crippen molar-refractivity contribution in [2.24, 2.45) is 0 Å². The molecule has 2 nitrogen and oxygen atoms in total. The van der Waals surface area contributed by atoms with Crippen LogP contribution in [-0.2, 0) is 5.60 Å². The van der Waals surface area contributed by atoms with Gasteiger partial charge in [-0.3, -0.25) is 0 Å². The first kappa shape index (κ1) is 8.49. The number of aliphatic hydroxyl groups is 1. The number of rotatable bonds is 1. The molecule has 0 aliphatic heterocycles. The molecule has 4 heteroatoms. The first-order chi connectivity index (χ1) is 4.91. The van der Waals surface area contributed by atoms with Gasteiger partial charge in [0.05, 0.1) is 5.60 Å². The summed E-state index contributed by atoms with van der Waals surface area (Å²) in [7, 11) is 0. The van der Waals surface area contributed by atoms with Crippen molar-refractivity contribution in [3.05, 3.63) is 16.8 Å². The highest BCUT2D eigenvalue weighted by molar-refractivity contribution is 7.16. The minimum absolute atomic E-state index is 0.127. The van der Waals surface area contributed by atoms with E-state index in [1.165, 1.54) is 6.07 Å². The van der Waals surface area contributed by atoms with Gasteiger partial charge in [0.1, 0.15) is 5.00 Å². The highest BCUT2D eigenvalue weighted by Crippen LogP contribution is 2.31. The molecule has 0 radical (unpaired) electrons. The second kappa shape index (κ2) is 2.46. The van der Waals surface area contributed by atoms with Gasteiger partial charge in [0.25, 0.3) is 0 Å². The van der Waals surface area contributed by atoms with Crippen molar-refractivity contribution in [2.75, 3.05) is 5.73 Å². The molecule has 0 saturated carbocycles. The first-order valence-corrected chi connectivity index (χ1v) is 4.00. The Balaban J connectivity index is 3.08. The minimum Gasteiger partial charge on any atom is -0.388 e. The first-order valence-electron chi connectivity index (χ1n) is 3.19. The van der Waals surface area contributed by atoms with E-state index in [2.05, 4.69) is 0 Å². The molecule has 0 spiro atoms. The quantitative estimate of drug-likeness (QED) is 0.682. The van der Waals surface area contributed by atoms with Gasteiger partial charge in [-0.2, -0.15) is 0 Å². The monoisotopic (exact) mass is 175 g/mol. The van der Waals surface area contributed by atoms with Crippen molar-refractivity contribution in [3.8, 4) is 0 Å². The Kier molecular flexibility index (Phi) is 1.90. The Bertz CT molecular complexity index is 244. The Morgan fingerprint density at radius 3 is 2.36 bits per heavy atom. The molecule has 1 aromatic heterocycles. The number of hydrogen-bond acceptors (Lipinski definition) is 3. The molecule has 1 heterocycles. The summed E-state index contributed by atoms with van der Waals surface area (Å²) in [6.45, 7) is 3.19. The van der Waals surface area contributed by atoms with Gasteiger partial charge in [0.2, 0.25) is 0 Å². The molecular weight excluding hydrogens is 165 g/mol. The van der Waals surface area contributed by atoms with Gasteiger partial charge < -0.3 is 10.8 Å². The number of thiophene rings is 1. The fourth-order valence-corrected chi connectivity index (χ4v) is 1.49. The SMILES string of the molecule is CC(C)(O)c1cc(F)c(N)s1. The molecule has 1 aromatic rings. The minimum atomic E-state index is -0.997. The van der Waals surface area contributed by atoms with Crippen molar-refractivity contribution < 1.29 is 9.50 Å². The summed E-state index contributed by atoms with van der Waals surface area (Å²) in [5, 5.41) is 9.54. The van der Waals surface area contributed by atoms with Crippen LogP contribution < -0.4 is 5.73 Å². The maximum Gasteiger partial charge on any atom is 0.157 e. The number of nitrogens with two attached hydrogens (primary N) is 1. The number of nitrogen functional groups attached to an aromatic ring is 1. The summed E-state index contributed by atoms with van der Waals surface area (Å²) in [4.78, 5) is 0.549. The zero-order valence-corrected chi connectivity index (χ0v) is 7.20. The van der Waals surface area contributed by atoms with E-state index in [1.807, 2.05) is 0 Å². The van der Waals surface area contributed by atoms with Crippen LogP contribution in [0.2, 0.25) is 0 Å². The highest BCUT2D eigenvalue weighted by atomic mass is 32.1. The lowest BCUT2D eigenvalue weighted by molar-refractivity contribution is 0.0823. The summed E-state index contributed by atoms with van der Waals surface area (Å²) in [6.07, 6.45) is 0. The summed E-state index contributed by atoms with van der Waals surface area (Å²) in [6, 6.07) is 1.26. The van der Waals surface area contributed by atoms with Crippen molar-refractivity contribution in [1.82, 2.24) is 0 Å². The van der Waals surface area contributed by atoms with Crippen molar-refractivity contribution in [1.29, 1.82) is 0 Å².